The minimum absolute atomic E-state index is 0.212. The van der Waals surface area contributed by atoms with Gasteiger partial charge in [-0.25, -0.2) is 4.79 Å². The Labute approximate surface area is 176 Å². The van der Waals surface area contributed by atoms with Crippen LogP contribution in [0.1, 0.15) is 25.0 Å². The van der Waals surface area contributed by atoms with Crippen LogP contribution in [0.25, 0.3) is 10.8 Å². The van der Waals surface area contributed by atoms with E-state index in [9.17, 15) is 4.79 Å². The zero-order valence-electron chi connectivity index (χ0n) is 16.6. The van der Waals surface area contributed by atoms with Crippen LogP contribution in [0, 0.1) is 11.8 Å². The number of benzene rings is 3. The predicted molar refractivity (Wildman–Crippen MR) is 119 cm³/mol. The Morgan fingerprint density at radius 2 is 1.69 bits per heavy atom. The lowest BCUT2D eigenvalue weighted by Gasteiger charge is -2.18. The normalized spacial score (nSPS) is 10.6. The summed E-state index contributed by atoms with van der Waals surface area (Å²) in [6, 6.07) is 22.6. The first-order valence-electron chi connectivity index (χ1n) is 9.02. The van der Waals surface area contributed by atoms with Gasteiger partial charge in [-0.05, 0) is 54.4 Å². The third kappa shape index (κ3) is 7.03. The number of rotatable bonds is 3. The monoisotopic (exact) mass is 406 g/mol. The van der Waals surface area contributed by atoms with Crippen molar-refractivity contribution in [1.29, 1.82) is 0 Å². The van der Waals surface area contributed by atoms with E-state index in [1.165, 1.54) is 23.4 Å². The smallest absolute Gasteiger partial charge is 0.331 e. The number of fused-ring (bicyclic) bond motifs is 1. The summed E-state index contributed by atoms with van der Waals surface area (Å²) in [4.78, 5) is 9.59. The number of hydrogen-bond donors (Lipinski definition) is 1. The van der Waals surface area contributed by atoms with Gasteiger partial charge in [-0.3, -0.25) is 0 Å². The summed E-state index contributed by atoms with van der Waals surface area (Å²) in [5.41, 5.74) is 2.00. The van der Waals surface area contributed by atoms with Crippen molar-refractivity contribution in [3.05, 3.63) is 95.2 Å². The third-order valence-electron chi connectivity index (χ3n) is 4.18. The Bertz CT molecular complexity index is 1050. The lowest BCUT2D eigenvalue weighted by atomic mass is 9.85. The highest BCUT2D eigenvalue weighted by Crippen LogP contribution is 2.24. The second-order valence-electron chi connectivity index (χ2n) is 6.82. The van der Waals surface area contributed by atoms with Crippen LogP contribution in [-0.4, -0.2) is 18.2 Å². The van der Waals surface area contributed by atoms with Gasteiger partial charge in [0.2, 0.25) is 0 Å². The molecule has 3 aromatic carbocycles. The summed E-state index contributed by atoms with van der Waals surface area (Å²) in [6.07, 6.45) is 2.02. The van der Waals surface area contributed by atoms with Crippen molar-refractivity contribution < 1.29 is 14.6 Å². The van der Waals surface area contributed by atoms with Crippen molar-refractivity contribution in [3.8, 4) is 11.8 Å². The average molecular weight is 407 g/mol. The first-order valence-corrected chi connectivity index (χ1v) is 9.40. The maximum atomic E-state index is 9.59. The molecule has 29 heavy (non-hydrogen) atoms. The quantitative estimate of drug-likeness (QED) is 0.327. The van der Waals surface area contributed by atoms with Crippen molar-refractivity contribution in [2.75, 3.05) is 7.11 Å². The maximum Gasteiger partial charge on any atom is 0.331 e. The largest absolute Gasteiger partial charge is 0.504 e. The van der Waals surface area contributed by atoms with E-state index in [2.05, 4.69) is 72.9 Å². The first kappa shape index (κ1) is 22.1. The molecule has 3 nitrogen and oxygen atoms in total. The Kier molecular flexibility index (Phi) is 7.88. The number of carbonyl (C=O) groups is 1. The van der Waals surface area contributed by atoms with E-state index in [0.717, 1.165) is 22.9 Å². The van der Waals surface area contributed by atoms with E-state index >= 15 is 0 Å². The van der Waals surface area contributed by atoms with Crippen LogP contribution in [0.5, 0.6) is 0 Å². The van der Waals surface area contributed by atoms with Gasteiger partial charge >= 0.3 is 5.97 Å². The van der Waals surface area contributed by atoms with Gasteiger partial charge < -0.3 is 9.84 Å². The highest BCUT2D eigenvalue weighted by atomic mass is 35.5. The zero-order valence-corrected chi connectivity index (χ0v) is 17.4. The molecule has 3 aromatic rings. The summed E-state index contributed by atoms with van der Waals surface area (Å²) in [7, 11) is 1.39. The van der Waals surface area contributed by atoms with Gasteiger partial charge in [-0.2, -0.15) is 0 Å². The van der Waals surface area contributed by atoms with E-state index in [0.29, 0.717) is 0 Å². The zero-order chi connectivity index (χ0) is 21.3. The Balaban J connectivity index is 0.000000370. The number of carboxylic acids is 1. The van der Waals surface area contributed by atoms with Gasteiger partial charge in [0.05, 0.1) is 24.9 Å². The van der Waals surface area contributed by atoms with Crippen LogP contribution < -0.4 is 0 Å². The number of hydrogen-bond acceptors (Lipinski definition) is 2. The molecule has 0 heterocycles. The Morgan fingerprint density at radius 3 is 2.28 bits per heavy atom. The fourth-order valence-corrected chi connectivity index (χ4v) is 2.69. The molecule has 0 spiro atoms. The molecule has 148 valence electrons. The maximum absolute atomic E-state index is 9.59. The van der Waals surface area contributed by atoms with Crippen LogP contribution in [0.3, 0.4) is 0 Å². The highest BCUT2D eigenvalue weighted by molar-refractivity contribution is 6.30. The number of carboxylic acid groups (broad SMARTS) is 1. The molecule has 0 bridgehead atoms. The van der Waals surface area contributed by atoms with Gasteiger partial charge in [-0.1, -0.05) is 65.9 Å². The highest BCUT2D eigenvalue weighted by Gasteiger charge is 2.17. The Hall–Kier alpha value is -3.22. The van der Waals surface area contributed by atoms with E-state index in [4.69, 9.17) is 16.7 Å². The van der Waals surface area contributed by atoms with E-state index in [1.54, 1.807) is 0 Å². The molecule has 0 aliphatic rings. The van der Waals surface area contributed by atoms with Crippen LogP contribution >= 0.6 is 11.6 Å². The standard InChI is InChI=1S/C21H17Cl.C4H6O3/c1-21(2,19-9-11-20(22)12-10-19)14-13-16-7-8-17-5-3-4-6-18(17)15-16;1-7-3-2-4(5)6/h3-12,15H,1-2H3;2-3H,1H3,(H,5,6). The van der Waals surface area contributed by atoms with Gasteiger partial charge in [-0.15, -0.1) is 0 Å². The van der Waals surface area contributed by atoms with Crippen LogP contribution in [-0.2, 0) is 14.9 Å². The summed E-state index contributed by atoms with van der Waals surface area (Å²) in [6.45, 7) is 4.26. The number of methoxy groups -OCH3 is 1. The van der Waals surface area contributed by atoms with Crippen molar-refractivity contribution >= 4 is 28.3 Å². The topological polar surface area (TPSA) is 46.5 Å². The predicted octanol–water partition coefficient (Wildman–Crippen LogP) is 6.05. The lowest BCUT2D eigenvalue weighted by molar-refractivity contribution is -0.131. The molecule has 4 heteroatoms. The summed E-state index contributed by atoms with van der Waals surface area (Å²) in [5, 5.41) is 11.1. The van der Waals surface area contributed by atoms with E-state index < -0.39 is 5.97 Å². The second-order valence-corrected chi connectivity index (χ2v) is 7.26. The van der Waals surface area contributed by atoms with Gasteiger partial charge in [0.1, 0.15) is 0 Å². The molecule has 0 atom stereocenters. The second kappa shape index (κ2) is 10.4. The SMILES string of the molecule is CC(C)(C#Cc1ccc2ccccc2c1)c1ccc(Cl)cc1.COC=CC(=O)O. The molecule has 0 aromatic heterocycles. The summed E-state index contributed by atoms with van der Waals surface area (Å²) >= 11 is 5.95. The fraction of sp³-hybridized carbons (Fsp3) is 0.160. The molecule has 0 amide bonds. The van der Waals surface area contributed by atoms with E-state index in [1.807, 2.05) is 24.3 Å². The number of aliphatic carboxylic acids is 1. The van der Waals surface area contributed by atoms with E-state index in [-0.39, 0.29) is 5.41 Å². The van der Waals surface area contributed by atoms with Crippen molar-refractivity contribution in [2.24, 2.45) is 0 Å². The van der Waals surface area contributed by atoms with Crippen molar-refractivity contribution in [1.82, 2.24) is 0 Å². The molecular formula is C25H23ClO3. The Morgan fingerprint density at radius 1 is 1.03 bits per heavy atom. The van der Waals surface area contributed by atoms with Crippen LogP contribution in [0.2, 0.25) is 5.02 Å². The molecule has 0 unspecified atom stereocenters. The number of ether oxygens (including phenoxy) is 1. The fourth-order valence-electron chi connectivity index (χ4n) is 2.56. The molecule has 3 rings (SSSR count). The van der Waals surface area contributed by atoms with Crippen LogP contribution in [0.15, 0.2) is 79.1 Å². The molecule has 0 fully saturated rings. The molecule has 1 N–H and O–H groups in total. The molecule has 0 aliphatic heterocycles. The minimum atomic E-state index is -0.998. The number of halogens is 1. The lowest BCUT2D eigenvalue weighted by Crippen LogP contribution is -2.13. The van der Waals surface area contributed by atoms with Crippen molar-refractivity contribution in [3.63, 3.8) is 0 Å². The molecule has 0 radical (unpaired) electrons. The third-order valence-corrected chi connectivity index (χ3v) is 4.43. The van der Waals surface area contributed by atoms with Gasteiger partial charge in [0.25, 0.3) is 0 Å². The first-order chi connectivity index (χ1) is 13.8. The molecule has 0 aliphatic carbocycles. The molecule has 0 saturated carbocycles. The minimum Gasteiger partial charge on any atom is -0.504 e. The van der Waals surface area contributed by atoms with Crippen molar-refractivity contribution in [2.45, 2.75) is 19.3 Å². The molecule has 0 saturated heterocycles. The summed E-state index contributed by atoms with van der Waals surface area (Å²) < 4.78 is 4.29. The van der Waals surface area contributed by atoms with Crippen LogP contribution in [0.4, 0.5) is 0 Å². The average Bonchev–Trinajstić information content (AvgIpc) is 2.71. The van der Waals surface area contributed by atoms with Gasteiger partial charge in [0.15, 0.2) is 0 Å². The molecular weight excluding hydrogens is 384 g/mol. The summed E-state index contributed by atoms with van der Waals surface area (Å²) in [5.74, 6) is 5.69. The van der Waals surface area contributed by atoms with Gasteiger partial charge in [0, 0.05) is 10.6 Å².